The van der Waals surface area contributed by atoms with Gasteiger partial charge in [0, 0.05) is 39.8 Å². The van der Waals surface area contributed by atoms with Gasteiger partial charge in [-0.3, -0.25) is 14.6 Å². The van der Waals surface area contributed by atoms with E-state index in [9.17, 15) is 31.1 Å². The molecule has 1 unspecified atom stereocenters. The van der Waals surface area contributed by atoms with Crippen LogP contribution in [0, 0.1) is 12.3 Å². The van der Waals surface area contributed by atoms with E-state index in [0.717, 1.165) is 5.56 Å². The Morgan fingerprint density at radius 1 is 0.972 bits per heavy atom. The molecule has 1 amide bonds. The van der Waals surface area contributed by atoms with Crippen molar-refractivity contribution >= 4 is 5.91 Å². The summed E-state index contributed by atoms with van der Waals surface area (Å²) < 4.78 is 79.1. The van der Waals surface area contributed by atoms with Crippen LogP contribution in [-0.4, -0.2) is 66.9 Å². The monoisotopic (exact) mass is 511 g/mol. The molecule has 0 spiro atoms. The van der Waals surface area contributed by atoms with E-state index in [2.05, 4.69) is 10.8 Å². The van der Waals surface area contributed by atoms with Crippen molar-refractivity contribution in [3.05, 3.63) is 70.8 Å². The van der Waals surface area contributed by atoms with Crippen LogP contribution in [0.3, 0.4) is 0 Å². The highest BCUT2D eigenvalue weighted by Gasteiger charge is 2.37. The maximum absolute atomic E-state index is 13.5. The van der Waals surface area contributed by atoms with Gasteiger partial charge in [-0.15, -0.1) is 6.42 Å². The third-order valence-corrected chi connectivity index (χ3v) is 6.20. The Hall–Kier alpha value is -3.03. The van der Waals surface area contributed by atoms with Crippen molar-refractivity contribution in [3.63, 3.8) is 0 Å². The molecular weight excluding hydrogens is 484 g/mol. The zero-order chi connectivity index (χ0) is 26.5. The number of likely N-dealkylation sites (N-methyl/N-ethyl adjacent to an activating group) is 1. The van der Waals surface area contributed by atoms with Gasteiger partial charge in [-0.1, -0.05) is 36.3 Å². The number of rotatable bonds is 7. The minimum Gasteiger partial charge on any atom is -0.344 e. The summed E-state index contributed by atoms with van der Waals surface area (Å²) in [5, 5.41) is 0. The molecule has 2 aromatic rings. The van der Waals surface area contributed by atoms with E-state index < -0.39 is 29.5 Å². The molecule has 4 nitrogen and oxygen atoms in total. The fraction of sp³-hybridized carbons (Fsp3) is 0.423. The molecule has 1 atom stereocenters. The first-order valence-electron chi connectivity index (χ1n) is 11.4. The molecule has 0 radical (unpaired) electrons. The van der Waals surface area contributed by atoms with Gasteiger partial charge in [-0.05, 0) is 35.7 Å². The predicted molar refractivity (Wildman–Crippen MR) is 124 cm³/mol. The van der Waals surface area contributed by atoms with Crippen LogP contribution >= 0.6 is 0 Å². The molecular formula is C26H27F6N3O. The topological polar surface area (TPSA) is 26.8 Å². The number of hydrogen-bond donors (Lipinski definition) is 0. The van der Waals surface area contributed by atoms with E-state index >= 15 is 0 Å². The standard InChI is InChI=1S/C26H27F6N3O/c1-3-10-34-12-14-35(15-13-34)23(20-7-5-4-6-8-20)24(36)33(2)11-9-19-16-21(25(27,28)29)18-22(17-19)26(30,31)32/h1,4-8,16-18,23H,9-15H2,2H3. The first-order valence-corrected chi connectivity index (χ1v) is 11.4. The first kappa shape index (κ1) is 27.6. The number of benzene rings is 2. The highest BCUT2D eigenvalue weighted by Crippen LogP contribution is 2.36. The Balaban J connectivity index is 1.78. The predicted octanol–water partition coefficient (Wildman–Crippen LogP) is 4.72. The van der Waals surface area contributed by atoms with Crippen molar-refractivity contribution in [2.45, 2.75) is 24.8 Å². The highest BCUT2D eigenvalue weighted by molar-refractivity contribution is 5.83. The van der Waals surface area contributed by atoms with Crippen molar-refractivity contribution in [1.82, 2.24) is 14.7 Å². The number of nitrogens with zero attached hydrogens (tertiary/aromatic N) is 3. The summed E-state index contributed by atoms with van der Waals surface area (Å²) in [6.45, 7) is 2.99. The largest absolute Gasteiger partial charge is 0.416 e. The number of carbonyl (C=O) groups is 1. The summed E-state index contributed by atoms with van der Waals surface area (Å²) in [4.78, 5) is 19.0. The van der Waals surface area contributed by atoms with Gasteiger partial charge in [0.25, 0.3) is 0 Å². The molecule has 36 heavy (non-hydrogen) atoms. The molecule has 1 aliphatic heterocycles. The molecule has 194 valence electrons. The summed E-state index contributed by atoms with van der Waals surface area (Å²) in [6, 6.07) is 9.97. The average molecular weight is 512 g/mol. The third-order valence-electron chi connectivity index (χ3n) is 6.20. The maximum Gasteiger partial charge on any atom is 0.416 e. The second-order valence-electron chi connectivity index (χ2n) is 8.75. The van der Waals surface area contributed by atoms with Crippen LogP contribution in [0.1, 0.15) is 28.3 Å². The maximum atomic E-state index is 13.5. The molecule has 1 aliphatic rings. The van der Waals surface area contributed by atoms with E-state index in [1.807, 2.05) is 35.2 Å². The molecule has 0 saturated carbocycles. The Morgan fingerprint density at radius 3 is 2.03 bits per heavy atom. The lowest BCUT2D eigenvalue weighted by molar-refractivity contribution is -0.143. The van der Waals surface area contributed by atoms with Gasteiger partial charge in [0.2, 0.25) is 5.91 Å². The molecule has 3 rings (SSSR count). The van der Waals surface area contributed by atoms with Crippen LogP contribution < -0.4 is 0 Å². The SMILES string of the molecule is C#CCN1CCN(C(C(=O)N(C)CCc2cc(C(F)(F)F)cc(C(F)(F)F)c2)c2ccccc2)CC1. The number of hydrogen-bond acceptors (Lipinski definition) is 3. The highest BCUT2D eigenvalue weighted by atomic mass is 19.4. The lowest BCUT2D eigenvalue weighted by atomic mass is 10.0. The molecule has 0 bridgehead atoms. The van der Waals surface area contributed by atoms with Gasteiger partial charge >= 0.3 is 12.4 Å². The van der Waals surface area contributed by atoms with Gasteiger partial charge in [0.15, 0.2) is 0 Å². The quantitative estimate of drug-likeness (QED) is 0.398. The number of terminal acetylenes is 1. The summed E-state index contributed by atoms with van der Waals surface area (Å²) in [5.41, 5.74) is -2.12. The van der Waals surface area contributed by atoms with Gasteiger partial charge in [0.05, 0.1) is 17.7 Å². The van der Waals surface area contributed by atoms with Crippen LogP contribution in [0.25, 0.3) is 0 Å². The number of halogens is 6. The summed E-state index contributed by atoms with van der Waals surface area (Å²) >= 11 is 0. The van der Waals surface area contributed by atoms with E-state index in [0.29, 0.717) is 44.9 Å². The summed E-state index contributed by atoms with van der Waals surface area (Å²) in [5.74, 6) is 2.32. The molecule has 1 saturated heterocycles. The van der Waals surface area contributed by atoms with Crippen LogP contribution in [-0.2, 0) is 23.6 Å². The molecule has 1 heterocycles. The van der Waals surface area contributed by atoms with Crippen LogP contribution in [0.4, 0.5) is 26.3 Å². The molecule has 10 heteroatoms. The minimum atomic E-state index is -4.92. The fourth-order valence-corrected chi connectivity index (χ4v) is 4.23. The number of piperazine rings is 1. The van der Waals surface area contributed by atoms with Crippen molar-refractivity contribution in [3.8, 4) is 12.3 Å². The van der Waals surface area contributed by atoms with Crippen molar-refractivity contribution in [2.24, 2.45) is 0 Å². The van der Waals surface area contributed by atoms with E-state index in [1.165, 1.54) is 11.9 Å². The zero-order valence-corrected chi connectivity index (χ0v) is 19.7. The van der Waals surface area contributed by atoms with E-state index in [-0.39, 0.29) is 30.5 Å². The first-order chi connectivity index (χ1) is 16.9. The van der Waals surface area contributed by atoms with Crippen LogP contribution in [0.2, 0.25) is 0 Å². The molecule has 0 N–H and O–H groups in total. The van der Waals surface area contributed by atoms with Gasteiger partial charge in [-0.25, -0.2) is 0 Å². The summed E-state index contributed by atoms with van der Waals surface area (Å²) in [6.07, 6.45) is -4.61. The number of amides is 1. The molecule has 1 fully saturated rings. The van der Waals surface area contributed by atoms with Crippen molar-refractivity contribution in [2.75, 3.05) is 46.3 Å². The van der Waals surface area contributed by atoms with E-state index in [1.54, 1.807) is 0 Å². The molecule has 0 aliphatic carbocycles. The average Bonchev–Trinajstić information content (AvgIpc) is 2.83. The van der Waals surface area contributed by atoms with Crippen LogP contribution in [0.5, 0.6) is 0 Å². The normalized spacial score (nSPS) is 16.4. The van der Waals surface area contributed by atoms with E-state index in [4.69, 9.17) is 6.42 Å². The molecule has 0 aromatic heterocycles. The fourth-order valence-electron chi connectivity index (χ4n) is 4.23. The lowest BCUT2D eigenvalue weighted by Crippen LogP contribution is -2.51. The van der Waals surface area contributed by atoms with Gasteiger partial charge in [0.1, 0.15) is 6.04 Å². The Bertz CT molecular complexity index is 1040. The summed E-state index contributed by atoms with van der Waals surface area (Å²) in [7, 11) is 1.51. The third kappa shape index (κ3) is 7.02. The lowest BCUT2D eigenvalue weighted by Gasteiger charge is -2.39. The zero-order valence-electron chi connectivity index (χ0n) is 19.7. The van der Waals surface area contributed by atoms with Gasteiger partial charge < -0.3 is 4.90 Å². The second-order valence-corrected chi connectivity index (χ2v) is 8.75. The second kappa shape index (κ2) is 11.4. The van der Waals surface area contributed by atoms with Crippen molar-refractivity contribution < 1.29 is 31.1 Å². The minimum absolute atomic E-state index is 0.0438. The Kier molecular flexibility index (Phi) is 8.69. The van der Waals surface area contributed by atoms with Gasteiger partial charge in [-0.2, -0.15) is 26.3 Å². The smallest absolute Gasteiger partial charge is 0.344 e. The molecule has 2 aromatic carbocycles. The number of carbonyl (C=O) groups excluding carboxylic acids is 1. The Morgan fingerprint density at radius 2 is 1.53 bits per heavy atom. The Labute approximate surface area is 206 Å². The van der Waals surface area contributed by atoms with Crippen molar-refractivity contribution in [1.29, 1.82) is 0 Å². The van der Waals surface area contributed by atoms with Crippen LogP contribution in [0.15, 0.2) is 48.5 Å². The number of alkyl halides is 6.